The Morgan fingerprint density at radius 3 is 2.31 bits per heavy atom. The van der Waals surface area contributed by atoms with Crippen LogP contribution in [0.15, 0.2) is 0 Å². The third-order valence-corrected chi connectivity index (χ3v) is 3.08. The van der Waals surface area contributed by atoms with Gasteiger partial charge in [0.25, 0.3) is 0 Å². The van der Waals surface area contributed by atoms with Crippen LogP contribution < -0.4 is 0 Å². The fourth-order valence-corrected chi connectivity index (χ4v) is 1.98. The summed E-state index contributed by atoms with van der Waals surface area (Å²) in [5.41, 5.74) is -2.40. The van der Waals surface area contributed by atoms with Crippen molar-refractivity contribution in [2.75, 3.05) is 19.6 Å². The first-order valence-electron chi connectivity index (χ1n) is 5.39. The first-order valence-corrected chi connectivity index (χ1v) is 5.39. The van der Waals surface area contributed by atoms with E-state index < -0.39 is 17.5 Å². The number of aliphatic hydroxyl groups is 1. The minimum Gasteiger partial charge on any atom is -0.477 e. The van der Waals surface area contributed by atoms with Crippen molar-refractivity contribution in [1.29, 1.82) is 0 Å². The first-order chi connectivity index (χ1) is 7.33. The number of halogens is 2. The van der Waals surface area contributed by atoms with E-state index in [-0.39, 0.29) is 12.8 Å². The Balaban J connectivity index is 2.66. The van der Waals surface area contributed by atoms with Crippen molar-refractivity contribution in [2.45, 2.75) is 37.7 Å². The van der Waals surface area contributed by atoms with Crippen molar-refractivity contribution in [2.24, 2.45) is 0 Å². The third kappa shape index (κ3) is 2.32. The second-order valence-electron chi connectivity index (χ2n) is 4.25. The average Bonchev–Trinajstić information content (AvgIpc) is 2.21. The predicted octanol–water partition coefficient (Wildman–Crippen LogP) is 0.943. The zero-order valence-electron chi connectivity index (χ0n) is 9.25. The first kappa shape index (κ1) is 13.3. The summed E-state index contributed by atoms with van der Waals surface area (Å²) < 4.78 is 26.5. The Labute approximate surface area is 92.9 Å². The highest BCUT2D eigenvalue weighted by atomic mass is 19.3. The molecule has 0 amide bonds. The number of piperidine rings is 1. The Morgan fingerprint density at radius 1 is 1.44 bits per heavy atom. The summed E-state index contributed by atoms with van der Waals surface area (Å²) in [6, 6.07) is 0. The van der Waals surface area contributed by atoms with E-state index in [1.165, 1.54) is 0 Å². The highest BCUT2D eigenvalue weighted by Gasteiger charge is 2.59. The highest BCUT2D eigenvalue weighted by molar-refractivity contribution is 5.77. The molecular weight excluding hydrogens is 220 g/mol. The van der Waals surface area contributed by atoms with Gasteiger partial charge in [-0.1, -0.05) is 6.92 Å². The summed E-state index contributed by atoms with van der Waals surface area (Å²) in [5, 5.41) is 18.1. The molecule has 6 heteroatoms. The number of aliphatic carboxylic acids is 1. The molecule has 0 aromatic rings. The maximum absolute atomic E-state index is 13.3. The molecule has 4 nitrogen and oxygen atoms in total. The number of likely N-dealkylation sites (tertiary alicyclic amines) is 1. The smallest absolute Gasteiger partial charge is 0.377 e. The topological polar surface area (TPSA) is 60.8 Å². The van der Waals surface area contributed by atoms with Crippen LogP contribution >= 0.6 is 0 Å². The minimum absolute atomic E-state index is 0.202. The second-order valence-corrected chi connectivity index (χ2v) is 4.25. The lowest BCUT2D eigenvalue weighted by molar-refractivity contribution is -0.218. The molecular formula is C10H17F2NO3. The fourth-order valence-electron chi connectivity index (χ4n) is 1.98. The van der Waals surface area contributed by atoms with Crippen molar-refractivity contribution in [1.82, 2.24) is 4.90 Å². The molecule has 1 fully saturated rings. The Morgan fingerprint density at radius 2 is 1.94 bits per heavy atom. The van der Waals surface area contributed by atoms with E-state index in [1.54, 1.807) is 0 Å². The van der Waals surface area contributed by atoms with Gasteiger partial charge < -0.3 is 15.1 Å². The van der Waals surface area contributed by atoms with Gasteiger partial charge in [-0.05, 0) is 25.8 Å². The lowest BCUT2D eigenvalue weighted by Gasteiger charge is -2.40. The average molecular weight is 237 g/mol. The van der Waals surface area contributed by atoms with Gasteiger partial charge in [0.05, 0.1) is 0 Å². The molecule has 0 spiro atoms. The highest BCUT2D eigenvalue weighted by Crippen LogP contribution is 2.37. The van der Waals surface area contributed by atoms with Gasteiger partial charge in [0.15, 0.2) is 0 Å². The molecule has 1 rings (SSSR count). The molecule has 0 aromatic carbocycles. The number of alkyl halides is 2. The molecule has 0 aromatic heterocycles. The van der Waals surface area contributed by atoms with Crippen LogP contribution in [0.1, 0.15) is 26.2 Å². The molecule has 94 valence electrons. The summed E-state index contributed by atoms with van der Waals surface area (Å²) in [6.07, 6.45) is 0.506. The Hall–Kier alpha value is -0.750. The number of rotatable bonds is 4. The lowest BCUT2D eigenvalue weighted by Crippen LogP contribution is -2.58. The normalized spacial score (nSPS) is 22.0. The standard InChI is InChI=1S/C10H17F2NO3/c1-2-5-13-6-3-9(16,4-7-13)10(11,12)8(14)15/h16H,2-7H2,1H3,(H,14,15). The van der Waals surface area contributed by atoms with Gasteiger partial charge in [-0.15, -0.1) is 0 Å². The monoisotopic (exact) mass is 237 g/mol. The summed E-state index contributed by atoms with van der Waals surface area (Å²) in [4.78, 5) is 12.4. The van der Waals surface area contributed by atoms with E-state index in [0.717, 1.165) is 13.0 Å². The Bertz CT molecular complexity index is 263. The van der Waals surface area contributed by atoms with Gasteiger partial charge >= 0.3 is 11.9 Å². The largest absolute Gasteiger partial charge is 0.477 e. The Kier molecular flexibility index (Phi) is 3.85. The molecule has 1 aliphatic rings. The minimum atomic E-state index is -4.06. The summed E-state index contributed by atoms with van der Waals surface area (Å²) >= 11 is 0. The molecule has 0 unspecified atom stereocenters. The van der Waals surface area contributed by atoms with Crippen molar-refractivity contribution in [3.05, 3.63) is 0 Å². The van der Waals surface area contributed by atoms with Gasteiger partial charge in [0, 0.05) is 13.1 Å². The fraction of sp³-hybridized carbons (Fsp3) is 0.900. The zero-order chi connectivity index (χ0) is 12.4. The van der Waals surface area contributed by atoms with Crippen LogP contribution in [0.4, 0.5) is 8.78 Å². The summed E-state index contributed by atoms with van der Waals surface area (Å²) in [6.45, 7) is 3.39. The van der Waals surface area contributed by atoms with Crippen LogP contribution in [0.25, 0.3) is 0 Å². The SMILES string of the molecule is CCCN1CCC(O)(C(F)(F)C(=O)O)CC1. The molecule has 16 heavy (non-hydrogen) atoms. The van der Waals surface area contributed by atoms with E-state index in [0.29, 0.717) is 13.1 Å². The number of carboxylic acid groups (broad SMARTS) is 1. The third-order valence-electron chi connectivity index (χ3n) is 3.08. The van der Waals surface area contributed by atoms with Gasteiger partial charge in [0.2, 0.25) is 0 Å². The molecule has 0 saturated carbocycles. The second kappa shape index (κ2) is 4.63. The van der Waals surface area contributed by atoms with Gasteiger partial charge in [-0.3, -0.25) is 0 Å². The van der Waals surface area contributed by atoms with Gasteiger partial charge in [-0.2, -0.15) is 8.78 Å². The molecule has 1 aliphatic heterocycles. The molecule has 0 radical (unpaired) electrons. The maximum Gasteiger partial charge on any atom is 0.377 e. The number of carbonyl (C=O) groups is 1. The summed E-state index contributed by atoms with van der Waals surface area (Å²) in [5.74, 6) is -6.32. The predicted molar refractivity (Wildman–Crippen MR) is 53.5 cm³/mol. The summed E-state index contributed by atoms with van der Waals surface area (Å²) in [7, 11) is 0. The van der Waals surface area contributed by atoms with E-state index in [9.17, 15) is 18.7 Å². The van der Waals surface area contributed by atoms with Crippen LogP contribution in [0, 0.1) is 0 Å². The molecule has 0 bridgehead atoms. The van der Waals surface area contributed by atoms with Gasteiger partial charge in [0.1, 0.15) is 5.60 Å². The van der Waals surface area contributed by atoms with Crippen LogP contribution in [0.3, 0.4) is 0 Å². The van der Waals surface area contributed by atoms with E-state index in [4.69, 9.17) is 5.11 Å². The quantitative estimate of drug-likeness (QED) is 0.764. The van der Waals surface area contributed by atoms with Crippen LogP contribution in [-0.4, -0.2) is 52.2 Å². The van der Waals surface area contributed by atoms with Crippen molar-refractivity contribution >= 4 is 5.97 Å². The van der Waals surface area contributed by atoms with Crippen LogP contribution in [0.5, 0.6) is 0 Å². The number of nitrogens with zero attached hydrogens (tertiary/aromatic N) is 1. The van der Waals surface area contributed by atoms with Gasteiger partial charge in [-0.25, -0.2) is 4.79 Å². The van der Waals surface area contributed by atoms with Crippen molar-refractivity contribution < 1.29 is 23.8 Å². The number of carboxylic acids is 1. The van der Waals surface area contributed by atoms with Crippen molar-refractivity contribution in [3.63, 3.8) is 0 Å². The maximum atomic E-state index is 13.3. The molecule has 1 heterocycles. The van der Waals surface area contributed by atoms with Crippen LogP contribution in [-0.2, 0) is 4.79 Å². The molecule has 1 saturated heterocycles. The molecule has 0 atom stereocenters. The van der Waals surface area contributed by atoms with E-state index in [2.05, 4.69) is 0 Å². The molecule has 0 aliphatic carbocycles. The number of hydrogen-bond acceptors (Lipinski definition) is 3. The lowest BCUT2D eigenvalue weighted by atomic mass is 9.85. The van der Waals surface area contributed by atoms with E-state index in [1.807, 2.05) is 11.8 Å². The molecule has 2 N–H and O–H groups in total. The number of hydrogen-bond donors (Lipinski definition) is 2. The van der Waals surface area contributed by atoms with Crippen LogP contribution in [0.2, 0.25) is 0 Å². The van der Waals surface area contributed by atoms with Crippen molar-refractivity contribution in [3.8, 4) is 0 Å². The van der Waals surface area contributed by atoms with E-state index >= 15 is 0 Å². The zero-order valence-corrected chi connectivity index (χ0v) is 9.25.